The Balaban J connectivity index is 2.11. The van der Waals surface area contributed by atoms with Gasteiger partial charge >= 0.3 is 0 Å². The van der Waals surface area contributed by atoms with Crippen LogP contribution in [-0.4, -0.2) is 33.9 Å². The zero-order chi connectivity index (χ0) is 12.3. The molecule has 1 unspecified atom stereocenters. The lowest BCUT2D eigenvalue weighted by molar-refractivity contribution is 0.0481. The molecule has 0 spiro atoms. The van der Waals surface area contributed by atoms with Gasteiger partial charge in [-0.05, 0) is 38.3 Å². The van der Waals surface area contributed by atoms with E-state index in [4.69, 9.17) is 5.11 Å². The Labute approximate surface area is 102 Å². The molecular weight excluding hydrogens is 216 g/mol. The van der Waals surface area contributed by atoms with E-state index in [1.54, 1.807) is 6.20 Å². The summed E-state index contributed by atoms with van der Waals surface area (Å²) < 4.78 is 0. The molecule has 1 aromatic heterocycles. The van der Waals surface area contributed by atoms with E-state index in [9.17, 15) is 5.11 Å². The molecule has 0 amide bonds. The number of pyridine rings is 1. The quantitative estimate of drug-likeness (QED) is 0.813. The number of aliphatic hydroxyl groups excluding tert-OH is 1. The predicted molar refractivity (Wildman–Crippen MR) is 66.8 cm³/mol. The maximum Gasteiger partial charge on any atom is 0.0853 e. The molecule has 4 heteroatoms. The van der Waals surface area contributed by atoms with Crippen LogP contribution in [0.4, 0.5) is 5.69 Å². The zero-order valence-electron chi connectivity index (χ0n) is 10.3. The second-order valence-corrected chi connectivity index (χ2v) is 5.00. The largest absolute Gasteiger partial charge is 0.390 e. The molecule has 1 aliphatic heterocycles. The summed E-state index contributed by atoms with van der Waals surface area (Å²) in [7, 11) is 0. The number of aromatic nitrogens is 1. The number of rotatable bonds is 2. The van der Waals surface area contributed by atoms with Gasteiger partial charge < -0.3 is 15.1 Å². The van der Waals surface area contributed by atoms with Crippen molar-refractivity contribution in [3.05, 3.63) is 24.0 Å². The summed E-state index contributed by atoms with van der Waals surface area (Å²) in [5.74, 6) is 0. The molecular formula is C13H20N2O2. The lowest BCUT2D eigenvalue weighted by atomic mass is 9.98. The first-order chi connectivity index (χ1) is 8.11. The van der Waals surface area contributed by atoms with Gasteiger partial charge in [-0.2, -0.15) is 0 Å². The van der Waals surface area contributed by atoms with Crippen molar-refractivity contribution in [1.29, 1.82) is 0 Å². The highest BCUT2D eigenvalue weighted by Gasteiger charge is 2.25. The van der Waals surface area contributed by atoms with Crippen molar-refractivity contribution >= 4 is 5.69 Å². The third-order valence-corrected chi connectivity index (χ3v) is 3.39. The second kappa shape index (κ2) is 5.02. The van der Waals surface area contributed by atoms with Gasteiger partial charge in [-0.3, -0.25) is 4.98 Å². The summed E-state index contributed by atoms with van der Waals surface area (Å²) in [5.41, 5.74) is 1.24. The fraction of sp³-hybridized carbons (Fsp3) is 0.615. The minimum Gasteiger partial charge on any atom is -0.390 e. The van der Waals surface area contributed by atoms with E-state index in [0.29, 0.717) is 5.69 Å². The third kappa shape index (κ3) is 3.17. The van der Waals surface area contributed by atoms with Crippen LogP contribution in [0.1, 0.15) is 31.9 Å². The van der Waals surface area contributed by atoms with Crippen LogP contribution in [0.25, 0.3) is 0 Å². The average Bonchev–Trinajstić information content (AvgIpc) is 2.50. The van der Waals surface area contributed by atoms with Gasteiger partial charge in [-0.1, -0.05) is 0 Å². The molecule has 0 aliphatic carbocycles. The number of aliphatic hydroxyl groups is 2. The van der Waals surface area contributed by atoms with Crippen molar-refractivity contribution in [3.63, 3.8) is 0 Å². The Bertz CT molecular complexity index is 379. The van der Waals surface area contributed by atoms with Crippen molar-refractivity contribution in [2.45, 2.75) is 38.4 Å². The molecule has 94 valence electrons. The maximum atomic E-state index is 10.0. The van der Waals surface area contributed by atoms with Crippen molar-refractivity contribution in [3.8, 4) is 0 Å². The molecule has 1 atom stereocenters. The standard InChI is InChI=1S/C13H20N2O2/c1-13(17)4-2-7-15(8-5-13)12-3-6-14-11(9-12)10-16/h3,6,9,16-17H,2,4-5,7-8,10H2,1H3. The minimum absolute atomic E-state index is 0.0284. The van der Waals surface area contributed by atoms with Crippen LogP contribution >= 0.6 is 0 Å². The molecule has 1 fully saturated rings. The highest BCUT2D eigenvalue weighted by Crippen LogP contribution is 2.25. The SMILES string of the molecule is CC1(O)CCCN(c2ccnc(CO)c2)CC1. The molecule has 1 aliphatic rings. The topological polar surface area (TPSA) is 56.6 Å². The molecule has 2 N–H and O–H groups in total. The van der Waals surface area contributed by atoms with Crippen LogP contribution in [0.2, 0.25) is 0 Å². The third-order valence-electron chi connectivity index (χ3n) is 3.39. The van der Waals surface area contributed by atoms with E-state index < -0.39 is 5.60 Å². The molecule has 0 saturated carbocycles. The molecule has 1 saturated heterocycles. The molecule has 2 heterocycles. The normalized spacial score (nSPS) is 25.7. The van der Waals surface area contributed by atoms with Crippen molar-refractivity contribution in [2.75, 3.05) is 18.0 Å². The number of hydrogen-bond donors (Lipinski definition) is 2. The molecule has 0 radical (unpaired) electrons. The Morgan fingerprint density at radius 2 is 2.24 bits per heavy atom. The smallest absolute Gasteiger partial charge is 0.0853 e. The van der Waals surface area contributed by atoms with Gasteiger partial charge in [0.15, 0.2) is 0 Å². The molecule has 0 bridgehead atoms. The first kappa shape index (κ1) is 12.3. The van der Waals surface area contributed by atoms with Gasteiger partial charge in [-0.15, -0.1) is 0 Å². The van der Waals surface area contributed by atoms with E-state index in [0.717, 1.165) is 38.0 Å². The summed E-state index contributed by atoms with van der Waals surface area (Å²) in [5, 5.41) is 19.1. The monoisotopic (exact) mass is 236 g/mol. The van der Waals surface area contributed by atoms with E-state index in [2.05, 4.69) is 9.88 Å². The summed E-state index contributed by atoms with van der Waals surface area (Å²) in [6, 6.07) is 3.87. The lowest BCUT2D eigenvalue weighted by Crippen LogP contribution is -2.28. The van der Waals surface area contributed by atoms with Crippen LogP contribution < -0.4 is 4.90 Å². The van der Waals surface area contributed by atoms with E-state index in [1.165, 1.54) is 0 Å². The van der Waals surface area contributed by atoms with E-state index in [1.807, 2.05) is 19.1 Å². The minimum atomic E-state index is -0.540. The van der Waals surface area contributed by atoms with Gasteiger partial charge in [-0.25, -0.2) is 0 Å². The fourth-order valence-corrected chi connectivity index (χ4v) is 2.27. The maximum absolute atomic E-state index is 10.0. The summed E-state index contributed by atoms with van der Waals surface area (Å²) in [6.45, 7) is 3.68. The summed E-state index contributed by atoms with van der Waals surface area (Å²) in [6.07, 6.45) is 4.35. The summed E-state index contributed by atoms with van der Waals surface area (Å²) in [4.78, 5) is 6.33. The van der Waals surface area contributed by atoms with Crippen LogP contribution in [0, 0.1) is 0 Å². The van der Waals surface area contributed by atoms with Gasteiger partial charge in [0.2, 0.25) is 0 Å². The first-order valence-electron chi connectivity index (χ1n) is 6.14. The molecule has 1 aromatic rings. The second-order valence-electron chi connectivity index (χ2n) is 5.00. The van der Waals surface area contributed by atoms with Crippen molar-refractivity contribution in [2.24, 2.45) is 0 Å². The van der Waals surface area contributed by atoms with E-state index >= 15 is 0 Å². The highest BCUT2D eigenvalue weighted by molar-refractivity contribution is 5.46. The lowest BCUT2D eigenvalue weighted by Gasteiger charge is -2.24. The van der Waals surface area contributed by atoms with Crippen LogP contribution in [0.15, 0.2) is 18.3 Å². The number of hydrogen-bond acceptors (Lipinski definition) is 4. The van der Waals surface area contributed by atoms with Gasteiger partial charge in [0.05, 0.1) is 17.9 Å². The number of nitrogens with zero attached hydrogens (tertiary/aromatic N) is 2. The van der Waals surface area contributed by atoms with Crippen molar-refractivity contribution < 1.29 is 10.2 Å². The van der Waals surface area contributed by atoms with Crippen LogP contribution in [0.3, 0.4) is 0 Å². The van der Waals surface area contributed by atoms with Gasteiger partial charge in [0, 0.05) is 25.0 Å². The highest BCUT2D eigenvalue weighted by atomic mass is 16.3. The Morgan fingerprint density at radius 3 is 3.00 bits per heavy atom. The molecule has 4 nitrogen and oxygen atoms in total. The number of anilines is 1. The molecule has 2 rings (SSSR count). The fourth-order valence-electron chi connectivity index (χ4n) is 2.27. The average molecular weight is 236 g/mol. The van der Waals surface area contributed by atoms with Crippen LogP contribution in [0.5, 0.6) is 0 Å². The van der Waals surface area contributed by atoms with Crippen LogP contribution in [-0.2, 0) is 6.61 Å². The van der Waals surface area contributed by atoms with E-state index in [-0.39, 0.29) is 6.61 Å². The Hall–Kier alpha value is -1.13. The van der Waals surface area contributed by atoms with Crippen molar-refractivity contribution in [1.82, 2.24) is 4.98 Å². The first-order valence-corrected chi connectivity index (χ1v) is 6.14. The zero-order valence-corrected chi connectivity index (χ0v) is 10.3. The Morgan fingerprint density at radius 1 is 1.41 bits per heavy atom. The molecule has 0 aromatic carbocycles. The summed E-state index contributed by atoms with van der Waals surface area (Å²) >= 11 is 0. The Kier molecular flexibility index (Phi) is 3.64. The van der Waals surface area contributed by atoms with Gasteiger partial charge in [0.25, 0.3) is 0 Å². The molecule has 17 heavy (non-hydrogen) atoms. The van der Waals surface area contributed by atoms with Gasteiger partial charge in [0.1, 0.15) is 0 Å². The predicted octanol–water partition coefficient (Wildman–Crippen LogP) is 1.32.